The van der Waals surface area contributed by atoms with Gasteiger partial charge < -0.3 is 5.32 Å². The molecule has 2 heteroatoms. The number of carbonyl (C=O) groups is 1. The summed E-state index contributed by atoms with van der Waals surface area (Å²) in [5, 5.41) is 3.04. The fourth-order valence-corrected chi connectivity index (χ4v) is 3.99. The van der Waals surface area contributed by atoms with Gasteiger partial charge in [-0.3, -0.25) is 4.79 Å². The van der Waals surface area contributed by atoms with Gasteiger partial charge in [-0.05, 0) is 30.1 Å². The predicted molar refractivity (Wildman–Crippen MR) is 66.1 cm³/mol. The van der Waals surface area contributed by atoms with Crippen molar-refractivity contribution in [2.24, 2.45) is 17.3 Å². The summed E-state index contributed by atoms with van der Waals surface area (Å²) in [6, 6.07) is 0. The summed E-state index contributed by atoms with van der Waals surface area (Å²) in [5.74, 6) is 2.06. The van der Waals surface area contributed by atoms with Crippen molar-refractivity contribution in [3.63, 3.8) is 0 Å². The van der Waals surface area contributed by atoms with Crippen molar-refractivity contribution in [2.75, 3.05) is 6.54 Å². The summed E-state index contributed by atoms with van der Waals surface area (Å²) in [6.07, 6.45) is 8.70. The minimum Gasteiger partial charge on any atom is -0.356 e. The van der Waals surface area contributed by atoms with Gasteiger partial charge in [0.1, 0.15) is 0 Å². The Morgan fingerprint density at radius 1 is 1.19 bits per heavy atom. The molecule has 0 radical (unpaired) electrons. The quantitative estimate of drug-likeness (QED) is 0.779. The molecule has 1 aliphatic heterocycles. The second-order valence-electron chi connectivity index (χ2n) is 5.96. The largest absolute Gasteiger partial charge is 0.356 e. The van der Waals surface area contributed by atoms with Gasteiger partial charge in [0.15, 0.2) is 0 Å². The molecule has 1 saturated heterocycles. The van der Waals surface area contributed by atoms with E-state index in [1.807, 2.05) is 0 Å². The van der Waals surface area contributed by atoms with Crippen LogP contribution in [0.15, 0.2) is 0 Å². The minimum atomic E-state index is 0.285. The Bertz CT molecular complexity index is 247. The van der Waals surface area contributed by atoms with E-state index in [0.29, 0.717) is 5.41 Å². The van der Waals surface area contributed by atoms with E-state index in [9.17, 15) is 4.79 Å². The molecule has 92 valence electrons. The molecule has 2 fully saturated rings. The monoisotopic (exact) mass is 223 g/mol. The third kappa shape index (κ3) is 2.26. The number of hydrogen-bond donors (Lipinski definition) is 1. The summed E-state index contributed by atoms with van der Waals surface area (Å²) in [6.45, 7) is 5.52. The zero-order chi connectivity index (χ0) is 11.6. The number of rotatable bonds is 4. The third-order valence-electron chi connectivity index (χ3n) is 4.57. The highest BCUT2D eigenvalue weighted by molar-refractivity contribution is 5.79. The van der Waals surface area contributed by atoms with Crippen LogP contribution >= 0.6 is 0 Å². The maximum atomic E-state index is 11.4. The van der Waals surface area contributed by atoms with Crippen molar-refractivity contribution < 1.29 is 4.79 Å². The molecule has 2 atom stereocenters. The van der Waals surface area contributed by atoms with Crippen LogP contribution in [0.2, 0.25) is 0 Å². The van der Waals surface area contributed by atoms with Crippen molar-refractivity contribution in [3.05, 3.63) is 0 Å². The van der Waals surface area contributed by atoms with Crippen LogP contribution < -0.4 is 5.32 Å². The van der Waals surface area contributed by atoms with E-state index in [4.69, 9.17) is 0 Å². The molecule has 0 unspecified atom stereocenters. The molecule has 1 spiro atoms. The highest BCUT2D eigenvalue weighted by Gasteiger charge is 2.48. The lowest BCUT2D eigenvalue weighted by molar-refractivity contribution is -0.119. The molecule has 2 nitrogen and oxygen atoms in total. The average Bonchev–Trinajstić information content (AvgIpc) is 2.74. The zero-order valence-electron chi connectivity index (χ0n) is 10.7. The molecule has 2 rings (SSSR count). The van der Waals surface area contributed by atoms with Crippen LogP contribution in [0.5, 0.6) is 0 Å². The van der Waals surface area contributed by atoms with Gasteiger partial charge >= 0.3 is 0 Å². The van der Waals surface area contributed by atoms with Gasteiger partial charge in [0, 0.05) is 13.0 Å². The van der Waals surface area contributed by atoms with Gasteiger partial charge in [-0.1, -0.05) is 39.5 Å². The summed E-state index contributed by atoms with van der Waals surface area (Å²) in [7, 11) is 0. The fraction of sp³-hybridized carbons (Fsp3) is 0.929. The molecule has 1 saturated carbocycles. The van der Waals surface area contributed by atoms with Gasteiger partial charge in [-0.25, -0.2) is 0 Å². The molecule has 1 N–H and O–H groups in total. The Labute approximate surface area is 99.2 Å². The molecule has 0 aromatic heterocycles. The Hall–Kier alpha value is -0.530. The van der Waals surface area contributed by atoms with E-state index in [2.05, 4.69) is 19.2 Å². The van der Waals surface area contributed by atoms with Crippen molar-refractivity contribution in [1.82, 2.24) is 5.32 Å². The van der Waals surface area contributed by atoms with Crippen LogP contribution in [0, 0.1) is 17.3 Å². The van der Waals surface area contributed by atoms with Gasteiger partial charge in [-0.2, -0.15) is 0 Å². The standard InChI is InChI=1S/C14H25NO/c1-3-5-11-7-14(8-12(11)6-4-2)9-13(16)15-10-14/h11-12H,3-10H2,1-2H3,(H,15,16)/t11-,12-/m0/s1. The lowest BCUT2D eigenvalue weighted by Crippen LogP contribution is -2.21. The number of carbonyl (C=O) groups excluding carboxylic acids is 1. The maximum absolute atomic E-state index is 11.4. The summed E-state index contributed by atoms with van der Waals surface area (Å²) in [4.78, 5) is 11.4. The fourth-order valence-electron chi connectivity index (χ4n) is 3.99. The minimum absolute atomic E-state index is 0.285. The van der Waals surface area contributed by atoms with E-state index in [-0.39, 0.29) is 5.91 Å². The van der Waals surface area contributed by atoms with Gasteiger partial charge in [0.05, 0.1) is 0 Å². The predicted octanol–water partition coefficient (Wildman–Crippen LogP) is 3.12. The molecule has 0 aromatic carbocycles. The van der Waals surface area contributed by atoms with Crippen LogP contribution in [-0.2, 0) is 4.79 Å². The van der Waals surface area contributed by atoms with Crippen molar-refractivity contribution in [2.45, 2.75) is 58.8 Å². The molecule has 1 amide bonds. The summed E-state index contributed by atoms with van der Waals surface area (Å²) in [5.41, 5.74) is 0.344. The lowest BCUT2D eigenvalue weighted by atomic mass is 9.83. The van der Waals surface area contributed by atoms with E-state index in [1.54, 1.807) is 0 Å². The molecule has 2 aliphatic rings. The topological polar surface area (TPSA) is 29.1 Å². The van der Waals surface area contributed by atoms with Crippen LogP contribution in [0.4, 0.5) is 0 Å². The number of nitrogens with one attached hydrogen (secondary N) is 1. The highest BCUT2D eigenvalue weighted by Crippen LogP contribution is 2.52. The molecular weight excluding hydrogens is 198 g/mol. The Morgan fingerprint density at radius 3 is 2.12 bits per heavy atom. The van der Waals surface area contributed by atoms with Crippen molar-refractivity contribution in [3.8, 4) is 0 Å². The van der Waals surface area contributed by atoms with Crippen molar-refractivity contribution >= 4 is 5.91 Å². The number of hydrogen-bond acceptors (Lipinski definition) is 1. The van der Waals surface area contributed by atoms with Crippen LogP contribution in [0.1, 0.15) is 58.8 Å². The molecule has 0 bridgehead atoms. The SMILES string of the molecule is CCC[C@H]1CC2(CNC(=O)C2)C[C@@H]1CCC. The summed E-state index contributed by atoms with van der Waals surface area (Å²) < 4.78 is 0. The molecular formula is C14H25NO. The first-order valence-corrected chi connectivity index (χ1v) is 6.96. The Morgan fingerprint density at radius 2 is 1.75 bits per heavy atom. The smallest absolute Gasteiger partial charge is 0.220 e. The summed E-state index contributed by atoms with van der Waals surface area (Å²) >= 11 is 0. The van der Waals surface area contributed by atoms with Crippen LogP contribution in [0.25, 0.3) is 0 Å². The van der Waals surface area contributed by atoms with Gasteiger partial charge in [0.2, 0.25) is 5.91 Å². The second-order valence-corrected chi connectivity index (χ2v) is 5.96. The number of amides is 1. The average molecular weight is 223 g/mol. The van der Waals surface area contributed by atoms with E-state index in [1.165, 1.54) is 38.5 Å². The first kappa shape index (κ1) is 11.9. The molecule has 1 heterocycles. The Balaban J connectivity index is 2.02. The first-order valence-electron chi connectivity index (χ1n) is 6.96. The third-order valence-corrected chi connectivity index (χ3v) is 4.57. The van der Waals surface area contributed by atoms with E-state index < -0.39 is 0 Å². The first-order chi connectivity index (χ1) is 7.69. The van der Waals surface area contributed by atoms with Crippen LogP contribution in [-0.4, -0.2) is 12.5 Å². The van der Waals surface area contributed by atoms with Gasteiger partial charge in [-0.15, -0.1) is 0 Å². The molecule has 16 heavy (non-hydrogen) atoms. The second kappa shape index (κ2) is 4.77. The molecule has 0 aromatic rings. The van der Waals surface area contributed by atoms with E-state index >= 15 is 0 Å². The highest BCUT2D eigenvalue weighted by atomic mass is 16.1. The molecule has 1 aliphatic carbocycles. The normalized spacial score (nSPS) is 32.2. The Kier molecular flexibility index (Phi) is 3.56. The zero-order valence-corrected chi connectivity index (χ0v) is 10.7. The van der Waals surface area contributed by atoms with Crippen molar-refractivity contribution in [1.29, 1.82) is 0 Å². The maximum Gasteiger partial charge on any atom is 0.220 e. The van der Waals surface area contributed by atoms with Crippen LogP contribution in [0.3, 0.4) is 0 Å². The lowest BCUT2D eigenvalue weighted by Gasteiger charge is -2.20. The van der Waals surface area contributed by atoms with Gasteiger partial charge in [0.25, 0.3) is 0 Å². The van der Waals surface area contributed by atoms with E-state index in [0.717, 1.165) is 24.8 Å².